The summed E-state index contributed by atoms with van der Waals surface area (Å²) < 4.78 is 38.9. The zero-order valence-electron chi connectivity index (χ0n) is 19.8. The molecule has 0 bridgehead atoms. The average Bonchev–Trinajstić information content (AvgIpc) is 3.12. The number of unbranched alkanes of at least 4 members (excludes halogenated alkanes) is 1. The molecule has 0 unspecified atom stereocenters. The van der Waals surface area contributed by atoms with Crippen molar-refractivity contribution in [1.29, 1.82) is 0 Å². The molecule has 1 fully saturated rings. The second-order valence-electron chi connectivity index (χ2n) is 9.43. The second-order valence-corrected chi connectivity index (χ2v) is 9.43. The summed E-state index contributed by atoms with van der Waals surface area (Å²) in [5, 5.41) is 5.73. The second kappa shape index (κ2) is 10.5. The Labute approximate surface area is 199 Å². The van der Waals surface area contributed by atoms with Gasteiger partial charge in [0.15, 0.2) is 0 Å². The van der Waals surface area contributed by atoms with E-state index < -0.39 is 24.0 Å². The van der Waals surface area contributed by atoms with Crippen molar-refractivity contribution < 1.29 is 18.0 Å². The first-order chi connectivity index (χ1) is 16.3. The van der Waals surface area contributed by atoms with Crippen LogP contribution in [0.2, 0.25) is 0 Å². The van der Waals surface area contributed by atoms with Gasteiger partial charge >= 0.3 is 6.18 Å². The topological polar surface area (TPSA) is 44.4 Å². The molecule has 184 valence electrons. The van der Waals surface area contributed by atoms with Crippen molar-refractivity contribution in [3.8, 4) is 11.1 Å². The van der Waals surface area contributed by atoms with Crippen molar-refractivity contribution in [2.75, 3.05) is 32.7 Å². The highest BCUT2D eigenvalue weighted by molar-refractivity contribution is 6.00. The molecule has 0 aromatic heterocycles. The summed E-state index contributed by atoms with van der Waals surface area (Å²) in [5.41, 5.74) is 2.39. The van der Waals surface area contributed by atoms with Crippen molar-refractivity contribution in [3.05, 3.63) is 59.7 Å². The molecule has 1 aliphatic heterocycles. The summed E-state index contributed by atoms with van der Waals surface area (Å²) in [6.07, 6.45) is -0.0255. The molecule has 2 aromatic carbocycles. The number of nitrogens with zero attached hydrogens (tertiary/aromatic N) is 1. The number of rotatable bonds is 9. The molecule has 7 heteroatoms. The Morgan fingerprint density at radius 2 is 1.59 bits per heavy atom. The molecule has 2 aliphatic rings. The summed E-state index contributed by atoms with van der Waals surface area (Å²) >= 11 is 0. The Morgan fingerprint density at radius 1 is 1.00 bits per heavy atom. The molecule has 0 saturated carbocycles. The minimum Gasteiger partial charge on any atom is -0.346 e. The third-order valence-electron chi connectivity index (χ3n) is 7.26. The Bertz CT molecular complexity index is 938. The third-order valence-corrected chi connectivity index (χ3v) is 7.26. The zero-order chi connectivity index (χ0) is 24.2. The number of carbonyl (C=O) groups excluding carboxylic acids is 1. The van der Waals surface area contributed by atoms with E-state index in [9.17, 15) is 18.0 Å². The van der Waals surface area contributed by atoms with Crippen LogP contribution in [0, 0.1) is 0 Å². The number of amides is 1. The van der Waals surface area contributed by atoms with Gasteiger partial charge in [-0.2, -0.15) is 13.2 Å². The SMILES string of the molecule is CCNC1CCN(CCCCC2(C(=O)NCC(F)(F)F)c3ccccc3-c3ccccc32)CC1. The van der Waals surface area contributed by atoms with Gasteiger partial charge in [0.25, 0.3) is 0 Å². The highest BCUT2D eigenvalue weighted by Gasteiger charge is 2.49. The highest BCUT2D eigenvalue weighted by atomic mass is 19.4. The Balaban J connectivity index is 1.51. The first-order valence-electron chi connectivity index (χ1n) is 12.4. The smallest absolute Gasteiger partial charge is 0.346 e. The van der Waals surface area contributed by atoms with Crippen LogP contribution < -0.4 is 10.6 Å². The molecule has 1 heterocycles. The molecule has 1 saturated heterocycles. The van der Waals surface area contributed by atoms with Gasteiger partial charge in [-0.25, -0.2) is 0 Å². The van der Waals surface area contributed by atoms with Crippen LogP contribution in [0.25, 0.3) is 11.1 Å². The minimum absolute atomic E-state index is 0.485. The number of hydrogen-bond acceptors (Lipinski definition) is 3. The van der Waals surface area contributed by atoms with Gasteiger partial charge in [0.2, 0.25) is 5.91 Å². The summed E-state index contributed by atoms with van der Waals surface area (Å²) in [7, 11) is 0. The largest absolute Gasteiger partial charge is 0.405 e. The maximum atomic E-state index is 13.5. The third kappa shape index (κ3) is 5.15. The number of benzene rings is 2. The molecule has 1 amide bonds. The van der Waals surface area contributed by atoms with E-state index >= 15 is 0 Å². The van der Waals surface area contributed by atoms with Gasteiger partial charge in [-0.05, 0) is 74.1 Å². The van der Waals surface area contributed by atoms with E-state index in [4.69, 9.17) is 0 Å². The summed E-state index contributed by atoms with van der Waals surface area (Å²) in [4.78, 5) is 16.0. The van der Waals surface area contributed by atoms with Gasteiger partial charge in [-0.3, -0.25) is 4.79 Å². The predicted molar refractivity (Wildman–Crippen MR) is 129 cm³/mol. The van der Waals surface area contributed by atoms with Crippen molar-refractivity contribution in [3.63, 3.8) is 0 Å². The van der Waals surface area contributed by atoms with Gasteiger partial charge in [0, 0.05) is 6.04 Å². The van der Waals surface area contributed by atoms with Crippen molar-refractivity contribution >= 4 is 5.91 Å². The summed E-state index contributed by atoms with van der Waals surface area (Å²) in [5.74, 6) is -0.561. The van der Waals surface area contributed by atoms with E-state index in [-0.39, 0.29) is 0 Å². The number of carbonyl (C=O) groups is 1. The van der Waals surface area contributed by atoms with E-state index in [0.29, 0.717) is 12.5 Å². The van der Waals surface area contributed by atoms with Crippen LogP contribution in [-0.2, 0) is 10.2 Å². The predicted octanol–water partition coefficient (Wildman–Crippen LogP) is 4.88. The highest BCUT2D eigenvalue weighted by Crippen LogP contribution is 2.51. The van der Waals surface area contributed by atoms with Crippen LogP contribution in [0.15, 0.2) is 48.5 Å². The maximum Gasteiger partial charge on any atom is 0.405 e. The molecule has 0 atom stereocenters. The lowest BCUT2D eigenvalue weighted by atomic mass is 9.73. The average molecular weight is 474 g/mol. The molecule has 4 nitrogen and oxygen atoms in total. The first-order valence-corrected chi connectivity index (χ1v) is 12.4. The Hall–Kier alpha value is -2.38. The normalized spacial score (nSPS) is 17.9. The number of hydrogen-bond donors (Lipinski definition) is 2. The van der Waals surface area contributed by atoms with Gasteiger partial charge in [0.05, 0.1) is 0 Å². The van der Waals surface area contributed by atoms with Crippen LogP contribution in [0.3, 0.4) is 0 Å². The fraction of sp³-hybridized carbons (Fsp3) is 0.519. The monoisotopic (exact) mass is 473 g/mol. The molecule has 0 spiro atoms. The summed E-state index contributed by atoms with van der Waals surface area (Å²) in [6, 6.07) is 15.9. The number of halogens is 3. The van der Waals surface area contributed by atoms with Crippen molar-refractivity contribution in [2.45, 2.75) is 56.7 Å². The number of fused-ring (bicyclic) bond motifs is 3. The molecule has 2 N–H and O–H groups in total. The van der Waals surface area contributed by atoms with Gasteiger partial charge in [-0.15, -0.1) is 0 Å². The van der Waals surface area contributed by atoms with Crippen molar-refractivity contribution in [2.24, 2.45) is 0 Å². The van der Waals surface area contributed by atoms with E-state index in [0.717, 1.165) is 74.1 Å². The lowest BCUT2D eigenvalue weighted by molar-refractivity contribution is -0.141. The van der Waals surface area contributed by atoms with Crippen LogP contribution >= 0.6 is 0 Å². The van der Waals surface area contributed by atoms with E-state index in [1.807, 2.05) is 48.5 Å². The minimum atomic E-state index is -4.45. The van der Waals surface area contributed by atoms with E-state index in [1.165, 1.54) is 0 Å². The van der Waals surface area contributed by atoms with Crippen LogP contribution in [0.1, 0.15) is 50.2 Å². The van der Waals surface area contributed by atoms with Gasteiger partial charge in [-0.1, -0.05) is 61.9 Å². The Kier molecular flexibility index (Phi) is 7.63. The lowest BCUT2D eigenvalue weighted by Crippen LogP contribution is -2.47. The summed E-state index contributed by atoms with van der Waals surface area (Å²) in [6.45, 7) is 4.86. The van der Waals surface area contributed by atoms with Crippen LogP contribution in [0.4, 0.5) is 13.2 Å². The Morgan fingerprint density at radius 3 is 2.15 bits per heavy atom. The molecule has 34 heavy (non-hydrogen) atoms. The fourth-order valence-electron chi connectivity index (χ4n) is 5.66. The van der Waals surface area contributed by atoms with Gasteiger partial charge in [0.1, 0.15) is 12.0 Å². The molecule has 2 aromatic rings. The molecular formula is C27H34F3N3O. The lowest BCUT2D eigenvalue weighted by Gasteiger charge is -2.33. The maximum absolute atomic E-state index is 13.5. The fourth-order valence-corrected chi connectivity index (χ4v) is 5.66. The van der Waals surface area contributed by atoms with Crippen LogP contribution in [0.5, 0.6) is 0 Å². The number of nitrogens with one attached hydrogen (secondary N) is 2. The van der Waals surface area contributed by atoms with Gasteiger partial charge < -0.3 is 15.5 Å². The zero-order valence-corrected chi connectivity index (χ0v) is 19.8. The van der Waals surface area contributed by atoms with E-state index in [2.05, 4.69) is 22.5 Å². The number of likely N-dealkylation sites (tertiary alicyclic amines) is 1. The number of piperidine rings is 1. The quantitative estimate of drug-likeness (QED) is 0.511. The first kappa shape index (κ1) is 24.7. The molecule has 4 rings (SSSR count). The van der Waals surface area contributed by atoms with Crippen molar-refractivity contribution in [1.82, 2.24) is 15.5 Å². The molecular weight excluding hydrogens is 439 g/mol. The molecule has 1 aliphatic carbocycles. The number of alkyl halides is 3. The van der Waals surface area contributed by atoms with E-state index in [1.54, 1.807) is 0 Å². The molecule has 0 radical (unpaired) electrons. The van der Waals surface area contributed by atoms with Crippen LogP contribution in [-0.4, -0.2) is 55.7 Å². The standard InChI is InChI=1S/C27H34F3N3O/c1-2-31-20-13-17-33(18-14-20)16-8-7-15-26(25(34)32-19-27(28,29)30)23-11-5-3-9-21(23)22-10-4-6-12-24(22)26/h3-6,9-12,20,31H,2,7-8,13-19H2,1H3,(H,32,34).